The molecule has 0 aromatic heterocycles. The SMILES string of the molecule is CC1CS(=O)(=O)NC(N)=N1. The minimum atomic E-state index is -3.19. The summed E-state index contributed by atoms with van der Waals surface area (Å²) in [6.07, 6.45) is 0. The lowest BCUT2D eigenvalue weighted by atomic mass is 10.4. The summed E-state index contributed by atoms with van der Waals surface area (Å²) in [6.45, 7) is 1.70. The monoisotopic (exact) mass is 163 g/mol. The number of hydrogen-bond acceptors (Lipinski definition) is 4. The van der Waals surface area contributed by atoms with Crippen LogP contribution in [0.25, 0.3) is 0 Å². The van der Waals surface area contributed by atoms with E-state index in [-0.39, 0.29) is 17.8 Å². The van der Waals surface area contributed by atoms with Crippen LogP contribution in [0.2, 0.25) is 0 Å². The van der Waals surface area contributed by atoms with Gasteiger partial charge in [0.05, 0.1) is 11.8 Å². The molecule has 0 aromatic rings. The van der Waals surface area contributed by atoms with E-state index < -0.39 is 10.0 Å². The Kier molecular flexibility index (Phi) is 1.55. The van der Waals surface area contributed by atoms with Crippen molar-refractivity contribution in [3.05, 3.63) is 0 Å². The van der Waals surface area contributed by atoms with Crippen LogP contribution < -0.4 is 10.5 Å². The molecule has 0 spiro atoms. The number of nitrogens with one attached hydrogen (secondary N) is 1. The van der Waals surface area contributed by atoms with Crippen molar-refractivity contribution in [2.45, 2.75) is 13.0 Å². The zero-order chi connectivity index (χ0) is 7.78. The molecule has 1 aliphatic rings. The summed E-state index contributed by atoms with van der Waals surface area (Å²) >= 11 is 0. The van der Waals surface area contributed by atoms with Gasteiger partial charge in [0.25, 0.3) is 0 Å². The third kappa shape index (κ3) is 1.60. The third-order valence-electron chi connectivity index (χ3n) is 1.08. The van der Waals surface area contributed by atoms with Crippen LogP contribution >= 0.6 is 0 Å². The number of sulfonamides is 1. The summed E-state index contributed by atoms with van der Waals surface area (Å²) in [5.74, 6) is 0.00648. The summed E-state index contributed by atoms with van der Waals surface area (Å²) in [6, 6.07) is -0.230. The molecule has 1 rings (SSSR count). The predicted molar refractivity (Wildman–Crippen MR) is 38.0 cm³/mol. The van der Waals surface area contributed by atoms with Gasteiger partial charge in [0.15, 0.2) is 0 Å². The number of rotatable bonds is 0. The van der Waals surface area contributed by atoms with E-state index in [1.807, 2.05) is 0 Å². The van der Waals surface area contributed by atoms with Crippen LogP contribution in [0.4, 0.5) is 0 Å². The van der Waals surface area contributed by atoms with Gasteiger partial charge in [0.2, 0.25) is 16.0 Å². The van der Waals surface area contributed by atoms with Crippen LogP contribution in [-0.2, 0) is 10.0 Å². The summed E-state index contributed by atoms with van der Waals surface area (Å²) in [4.78, 5) is 3.78. The second-order valence-corrected chi connectivity index (χ2v) is 4.01. The second-order valence-electron chi connectivity index (χ2n) is 2.25. The highest BCUT2D eigenvalue weighted by molar-refractivity contribution is 7.90. The van der Waals surface area contributed by atoms with E-state index in [2.05, 4.69) is 9.71 Å². The molecular weight excluding hydrogens is 154 g/mol. The largest absolute Gasteiger partial charge is 0.369 e. The lowest BCUT2D eigenvalue weighted by Gasteiger charge is -2.15. The van der Waals surface area contributed by atoms with E-state index in [9.17, 15) is 8.42 Å². The van der Waals surface area contributed by atoms with Crippen LogP contribution in [0.15, 0.2) is 4.99 Å². The van der Waals surface area contributed by atoms with Crippen molar-refractivity contribution in [1.82, 2.24) is 4.72 Å². The van der Waals surface area contributed by atoms with Gasteiger partial charge in [-0.3, -0.25) is 4.72 Å². The quantitative estimate of drug-likeness (QED) is 0.461. The number of guanidine groups is 1. The van der Waals surface area contributed by atoms with Gasteiger partial charge < -0.3 is 5.73 Å². The first kappa shape index (κ1) is 7.33. The van der Waals surface area contributed by atoms with E-state index in [1.54, 1.807) is 6.92 Å². The van der Waals surface area contributed by atoms with Crippen LogP contribution in [0.5, 0.6) is 0 Å². The Morgan fingerprint density at radius 2 is 2.40 bits per heavy atom. The van der Waals surface area contributed by atoms with Gasteiger partial charge in [0.1, 0.15) is 0 Å². The van der Waals surface area contributed by atoms with Gasteiger partial charge >= 0.3 is 0 Å². The zero-order valence-corrected chi connectivity index (χ0v) is 6.35. The minimum Gasteiger partial charge on any atom is -0.369 e. The van der Waals surface area contributed by atoms with Crippen molar-refractivity contribution < 1.29 is 8.42 Å². The minimum absolute atomic E-state index is 0.0150. The van der Waals surface area contributed by atoms with Crippen molar-refractivity contribution in [3.63, 3.8) is 0 Å². The standard InChI is InChI=1S/C4H9N3O2S/c1-3-2-10(8,9)7-4(5)6-3/h3H,2H2,1H3,(H3,5,6,7). The molecule has 1 unspecified atom stereocenters. The molecule has 0 saturated heterocycles. The molecule has 1 heterocycles. The molecule has 1 atom stereocenters. The van der Waals surface area contributed by atoms with E-state index in [0.717, 1.165) is 0 Å². The summed E-state index contributed by atoms with van der Waals surface area (Å²) in [7, 11) is -3.19. The molecule has 10 heavy (non-hydrogen) atoms. The Labute approximate surface area is 59.4 Å². The maximum atomic E-state index is 10.8. The molecule has 0 aromatic carbocycles. The average molecular weight is 163 g/mol. The molecule has 0 amide bonds. The topological polar surface area (TPSA) is 84.5 Å². The van der Waals surface area contributed by atoms with Crippen molar-refractivity contribution >= 4 is 16.0 Å². The van der Waals surface area contributed by atoms with Crippen LogP contribution in [-0.4, -0.2) is 26.2 Å². The molecule has 58 valence electrons. The Morgan fingerprint density at radius 3 is 2.80 bits per heavy atom. The van der Waals surface area contributed by atoms with Crippen LogP contribution in [0, 0.1) is 0 Å². The van der Waals surface area contributed by atoms with Crippen LogP contribution in [0.1, 0.15) is 6.92 Å². The first-order valence-electron chi connectivity index (χ1n) is 2.83. The Hall–Kier alpha value is -0.780. The van der Waals surface area contributed by atoms with E-state index in [4.69, 9.17) is 5.73 Å². The van der Waals surface area contributed by atoms with Crippen molar-refractivity contribution in [3.8, 4) is 0 Å². The molecule has 6 heteroatoms. The predicted octanol–water partition coefficient (Wildman–Crippen LogP) is -1.38. The smallest absolute Gasteiger partial charge is 0.237 e. The van der Waals surface area contributed by atoms with Gasteiger partial charge in [-0.05, 0) is 6.92 Å². The maximum absolute atomic E-state index is 10.8. The van der Waals surface area contributed by atoms with Crippen molar-refractivity contribution in [2.24, 2.45) is 10.7 Å². The summed E-state index contributed by atoms with van der Waals surface area (Å²) < 4.78 is 23.7. The first-order chi connectivity index (χ1) is 4.49. The highest BCUT2D eigenvalue weighted by Crippen LogP contribution is 1.99. The molecule has 5 nitrogen and oxygen atoms in total. The summed E-state index contributed by atoms with van der Waals surface area (Å²) in [5, 5.41) is 0. The molecular formula is C4H9N3O2S. The molecule has 0 saturated carbocycles. The number of nitrogens with two attached hydrogens (primary N) is 1. The van der Waals surface area contributed by atoms with E-state index >= 15 is 0 Å². The fourth-order valence-electron chi connectivity index (χ4n) is 0.820. The van der Waals surface area contributed by atoms with Gasteiger partial charge in [-0.15, -0.1) is 0 Å². The Bertz CT molecular complexity index is 256. The first-order valence-corrected chi connectivity index (χ1v) is 4.48. The zero-order valence-electron chi connectivity index (χ0n) is 5.53. The number of aliphatic imine (C=N–C) groups is 1. The molecule has 0 aliphatic carbocycles. The molecule has 1 aliphatic heterocycles. The van der Waals surface area contributed by atoms with Crippen molar-refractivity contribution in [1.29, 1.82) is 0 Å². The Morgan fingerprint density at radius 1 is 1.80 bits per heavy atom. The molecule has 0 fully saturated rings. The Balaban J connectivity index is 2.91. The van der Waals surface area contributed by atoms with E-state index in [0.29, 0.717) is 0 Å². The fourth-order valence-corrected chi connectivity index (χ4v) is 1.98. The van der Waals surface area contributed by atoms with Gasteiger partial charge in [-0.2, -0.15) is 0 Å². The molecule has 3 N–H and O–H groups in total. The molecule has 0 radical (unpaired) electrons. The fraction of sp³-hybridized carbons (Fsp3) is 0.750. The normalized spacial score (nSPS) is 30.5. The number of nitrogens with zero attached hydrogens (tertiary/aromatic N) is 1. The lowest BCUT2D eigenvalue weighted by Crippen LogP contribution is -2.45. The summed E-state index contributed by atoms with van der Waals surface area (Å²) in [5.41, 5.74) is 5.16. The third-order valence-corrected chi connectivity index (χ3v) is 2.52. The van der Waals surface area contributed by atoms with Crippen molar-refractivity contribution in [2.75, 3.05) is 5.75 Å². The second kappa shape index (κ2) is 2.12. The lowest BCUT2D eigenvalue weighted by molar-refractivity contribution is 0.582. The van der Waals surface area contributed by atoms with E-state index in [1.165, 1.54) is 0 Å². The van der Waals surface area contributed by atoms with Gasteiger partial charge in [0, 0.05) is 0 Å². The number of hydrogen-bond donors (Lipinski definition) is 2. The maximum Gasteiger partial charge on any atom is 0.237 e. The van der Waals surface area contributed by atoms with Gasteiger partial charge in [-0.25, -0.2) is 13.4 Å². The van der Waals surface area contributed by atoms with Crippen LogP contribution in [0.3, 0.4) is 0 Å². The highest BCUT2D eigenvalue weighted by Gasteiger charge is 2.20. The van der Waals surface area contributed by atoms with Gasteiger partial charge in [-0.1, -0.05) is 0 Å². The highest BCUT2D eigenvalue weighted by atomic mass is 32.2. The average Bonchev–Trinajstić information content (AvgIpc) is 1.54. The molecule has 0 bridgehead atoms.